The summed E-state index contributed by atoms with van der Waals surface area (Å²) < 4.78 is 13.8. The normalized spacial score (nSPS) is 20.9. The number of carbonyl (C=O) groups excluding carboxylic acids is 1. The Morgan fingerprint density at radius 1 is 1.06 bits per heavy atom. The van der Waals surface area contributed by atoms with Gasteiger partial charge < -0.3 is 10.0 Å². The summed E-state index contributed by atoms with van der Waals surface area (Å²) in [6.07, 6.45) is 5.59. The first-order valence-electron chi connectivity index (χ1n) is 10.8. The molecule has 3 aromatic rings. The second kappa shape index (κ2) is 8.60. The van der Waals surface area contributed by atoms with E-state index in [1.807, 2.05) is 24.5 Å². The van der Waals surface area contributed by atoms with Crippen molar-refractivity contribution in [1.82, 2.24) is 14.9 Å². The van der Waals surface area contributed by atoms with Gasteiger partial charge in [0.25, 0.3) is 5.91 Å². The molecule has 2 aromatic heterocycles. The number of aliphatic hydroxyl groups is 1. The molecule has 2 unspecified atom stereocenters. The molecule has 0 radical (unpaired) electrons. The molecule has 1 aliphatic heterocycles. The summed E-state index contributed by atoms with van der Waals surface area (Å²) in [5.41, 5.74) is 5.17. The lowest BCUT2D eigenvalue weighted by Gasteiger charge is -2.32. The van der Waals surface area contributed by atoms with E-state index in [9.17, 15) is 14.3 Å². The van der Waals surface area contributed by atoms with Gasteiger partial charge in [-0.1, -0.05) is 17.7 Å². The molecule has 1 saturated heterocycles. The fourth-order valence-electron chi connectivity index (χ4n) is 4.12. The Hall–Kier alpha value is -2.83. The highest BCUT2D eigenvalue weighted by molar-refractivity contribution is 6.33. The molecule has 1 saturated carbocycles. The largest absolute Gasteiger partial charge is 0.390 e. The summed E-state index contributed by atoms with van der Waals surface area (Å²) in [6, 6.07) is 11.2. The van der Waals surface area contributed by atoms with Crippen LogP contribution in [0.15, 0.2) is 55.0 Å². The number of amides is 1. The molecule has 2 aliphatic rings. The number of halogens is 2. The summed E-state index contributed by atoms with van der Waals surface area (Å²) in [5.74, 6) is 0.283. The van der Waals surface area contributed by atoms with E-state index in [2.05, 4.69) is 16.0 Å². The maximum absolute atomic E-state index is 13.8. The number of hydrogen-bond donors (Lipinski definition) is 1. The Labute approximate surface area is 190 Å². The first-order chi connectivity index (χ1) is 15.5. The predicted molar refractivity (Wildman–Crippen MR) is 121 cm³/mol. The van der Waals surface area contributed by atoms with Gasteiger partial charge in [0.1, 0.15) is 6.17 Å². The number of benzene rings is 1. The zero-order valence-electron chi connectivity index (χ0n) is 17.4. The van der Waals surface area contributed by atoms with Crippen molar-refractivity contribution in [2.24, 2.45) is 0 Å². The SMILES string of the molecule is O=C(c1ccc(-c2cncc(-c3ccnc(C4CC4)c3)c2)c(Cl)c1)N1CCC(O)C(F)C1. The number of likely N-dealkylation sites (tertiary alicyclic amines) is 1. The minimum atomic E-state index is -1.43. The Balaban J connectivity index is 1.39. The van der Waals surface area contributed by atoms with Gasteiger partial charge in [-0.15, -0.1) is 0 Å². The average Bonchev–Trinajstić information content (AvgIpc) is 3.66. The van der Waals surface area contributed by atoms with Gasteiger partial charge in [-0.2, -0.15) is 0 Å². The van der Waals surface area contributed by atoms with Crippen molar-refractivity contribution in [2.45, 2.75) is 37.5 Å². The lowest BCUT2D eigenvalue weighted by atomic mass is 10.00. The average molecular weight is 452 g/mol. The summed E-state index contributed by atoms with van der Waals surface area (Å²) >= 11 is 6.55. The number of alkyl halides is 1. The number of piperidine rings is 1. The third kappa shape index (κ3) is 4.25. The Bertz CT molecular complexity index is 1170. The molecule has 1 amide bonds. The topological polar surface area (TPSA) is 66.3 Å². The van der Waals surface area contributed by atoms with Gasteiger partial charge in [0.15, 0.2) is 0 Å². The highest BCUT2D eigenvalue weighted by atomic mass is 35.5. The molecular weight excluding hydrogens is 429 g/mol. The summed E-state index contributed by atoms with van der Waals surface area (Å²) in [6.45, 7) is 0.209. The van der Waals surface area contributed by atoms with Crippen LogP contribution in [0.25, 0.3) is 22.3 Å². The summed E-state index contributed by atoms with van der Waals surface area (Å²) in [4.78, 5) is 23.1. The van der Waals surface area contributed by atoms with Crippen molar-refractivity contribution >= 4 is 17.5 Å². The minimum absolute atomic E-state index is 0.111. The Kier molecular flexibility index (Phi) is 5.66. The van der Waals surface area contributed by atoms with Crippen LogP contribution in [0.1, 0.15) is 41.2 Å². The van der Waals surface area contributed by atoms with Crippen molar-refractivity contribution in [3.05, 3.63) is 71.3 Å². The Morgan fingerprint density at radius 3 is 2.62 bits per heavy atom. The van der Waals surface area contributed by atoms with Crippen LogP contribution >= 0.6 is 11.6 Å². The van der Waals surface area contributed by atoms with Gasteiger partial charge in [-0.3, -0.25) is 14.8 Å². The zero-order chi connectivity index (χ0) is 22.2. The maximum atomic E-state index is 13.8. The number of hydrogen-bond acceptors (Lipinski definition) is 4. The number of aromatic nitrogens is 2. The lowest BCUT2D eigenvalue weighted by Crippen LogP contribution is -2.47. The fourth-order valence-corrected chi connectivity index (χ4v) is 4.41. The lowest BCUT2D eigenvalue weighted by molar-refractivity contribution is 0.00826. The van der Waals surface area contributed by atoms with Crippen molar-refractivity contribution < 1.29 is 14.3 Å². The molecule has 1 aliphatic carbocycles. The first kappa shape index (κ1) is 21.0. The third-order valence-electron chi connectivity index (χ3n) is 6.17. The number of aliphatic hydroxyl groups excluding tert-OH is 1. The molecule has 3 heterocycles. The van der Waals surface area contributed by atoms with Gasteiger partial charge >= 0.3 is 0 Å². The summed E-state index contributed by atoms with van der Waals surface area (Å²) in [7, 11) is 0. The van der Waals surface area contributed by atoms with E-state index in [0.29, 0.717) is 23.0 Å². The van der Waals surface area contributed by atoms with E-state index in [0.717, 1.165) is 27.9 Å². The van der Waals surface area contributed by atoms with Gasteiger partial charge in [0.05, 0.1) is 12.6 Å². The molecule has 5 rings (SSSR count). The molecular formula is C25H23ClFN3O2. The minimum Gasteiger partial charge on any atom is -0.390 e. The molecule has 164 valence electrons. The van der Waals surface area contributed by atoms with Crippen LogP contribution in [0.4, 0.5) is 4.39 Å². The molecule has 2 fully saturated rings. The van der Waals surface area contributed by atoms with Crippen LogP contribution in [0.5, 0.6) is 0 Å². The standard InChI is InChI=1S/C25H23ClFN3O2/c26-21-10-17(25(32)30-8-6-24(31)22(27)14-30)3-4-20(21)19-9-18(12-28-13-19)16-5-7-29-23(11-16)15-1-2-15/h3-5,7,9-13,15,22,24,31H,1-2,6,8,14H2. The van der Waals surface area contributed by atoms with Gasteiger partial charge in [0, 0.05) is 64.0 Å². The highest BCUT2D eigenvalue weighted by Gasteiger charge is 2.30. The molecule has 7 heteroatoms. The van der Waals surface area contributed by atoms with E-state index < -0.39 is 12.3 Å². The van der Waals surface area contributed by atoms with Gasteiger partial charge in [0.2, 0.25) is 0 Å². The monoisotopic (exact) mass is 451 g/mol. The van der Waals surface area contributed by atoms with Crippen LogP contribution < -0.4 is 0 Å². The predicted octanol–water partition coefficient (Wildman–Crippen LogP) is 4.89. The van der Waals surface area contributed by atoms with E-state index in [1.165, 1.54) is 17.7 Å². The third-order valence-corrected chi connectivity index (χ3v) is 6.48. The first-order valence-corrected chi connectivity index (χ1v) is 11.2. The molecule has 2 atom stereocenters. The van der Waals surface area contributed by atoms with Crippen LogP contribution in [-0.4, -0.2) is 51.2 Å². The summed E-state index contributed by atoms with van der Waals surface area (Å²) in [5, 5.41) is 9.99. The second-order valence-electron chi connectivity index (χ2n) is 8.52. The van der Waals surface area contributed by atoms with E-state index in [1.54, 1.807) is 24.4 Å². The van der Waals surface area contributed by atoms with Crippen LogP contribution in [-0.2, 0) is 0 Å². The quantitative estimate of drug-likeness (QED) is 0.613. The number of rotatable bonds is 4. The van der Waals surface area contributed by atoms with Crippen LogP contribution in [0.3, 0.4) is 0 Å². The smallest absolute Gasteiger partial charge is 0.254 e. The van der Waals surface area contributed by atoms with E-state index >= 15 is 0 Å². The van der Waals surface area contributed by atoms with E-state index in [4.69, 9.17) is 11.6 Å². The van der Waals surface area contributed by atoms with Crippen molar-refractivity contribution in [3.63, 3.8) is 0 Å². The number of carbonyl (C=O) groups is 1. The van der Waals surface area contributed by atoms with Crippen LogP contribution in [0, 0.1) is 0 Å². The molecule has 32 heavy (non-hydrogen) atoms. The van der Waals surface area contributed by atoms with Crippen molar-refractivity contribution in [1.29, 1.82) is 0 Å². The van der Waals surface area contributed by atoms with Gasteiger partial charge in [-0.25, -0.2) is 4.39 Å². The van der Waals surface area contributed by atoms with Crippen molar-refractivity contribution in [2.75, 3.05) is 13.1 Å². The number of pyridine rings is 2. The van der Waals surface area contributed by atoms with E-state index in [-0.39, 0.29) is 18.9 Å². The number of nitrogens with zero attached hydrogens (tertiary/aromatic N) is 3. The second-order valence-corrected chi connectivity index (χ2v) is 8.93. The van der Waals surface area contributed by atoms with Gasteiger partial charge in [-0.05, 0) is 55.2 Å². The maximum Gasteiger partial charge on any atom is 0.254 e. The molecule has 1 aromatic carbocycles. The van der Waals surface area contributed by atoms with Crippen LogP contribution in [0.2, 0.25) is 5.02 Å². The van der Waals surface area contributed by atoms with Crippen molar-refractivity contribution in [3.8, 4) is 22.3 Å². The fraction of sp³-hybridized carbons (Fsp3) is 0.320. The molecule has 0 bridgehead atoms. The molecule has 0 spiro atoms. The zero-order valence-corrected chi connectivity index (χ0v) is 18.2. The molecule has 5 nitrogen and oxygen atoms in total. The highest BCUT2D eigenvalue weighted by Crippen LogP contribution is 2.40. The molecule has 1 N–H and O–H groups in total. The Morgan fingerprint density at radius 2 is 1.88 bits per heavy atom.